The van der Waals surface area contributed by atoms with Crippen LogP contribution < -0.4 is 10.6 Å². The first kappa shape index (κ1) is 51.8. The number of fused-ring (bicyclic) bond motifs is 1. The van der Waals surface area contributed by atoms with Crippen LogP contribution in [0.5, 0.6) is 0 Å². The van der Waals surface area contributed by atoms with Gasteiger partial charge in [0.05, 0.1) is 17.0 Å². The van der Waals surface area contributed by atoms with Crippen LogP contribution in [0.15, 0.2) is 58.5 Å². The first-order valence-corrected chi connectivity index (χ1v) is 23.9. The number of hydrogen-bond acceptors (Lipinski definition) is 7. The molecule has 59 heavy (non-hydrogen) atoms. The number of carboxylic acid groups (broad SMARTS) is 2. The Bertz CT molecular complexity index is 1790. The molecule has 0 amide bonds. The highest BCUT2D eigenvalue weighted by molar-refractivity contribution is 7.88. The van der Waals surface area contributed by atoms with Gasteiger partial charge in [-0.1, -0.05) is 197 Å². The Kier molecular flexibility index (Phi) is 25.5. The summed E-state index contributed by atoms with van der Waals surface area (Å²) >= 11 is 6.12. The third-order valence-electron chi connectivity index (χ3n) is 11.2. The van der Waals surface area contributed by atoms with Crippen molar-refractivity contribution in [1.82, 2.24) is 5.06 Å². The lowest BCUT2D eigenvalue weighted by atomic mass is 9.82. The number of carbonyl (C=O) groups is 2. The number of amidine groups is 1. The molecule has 1 aliphatic rings. The van der Waals surface area contributed by atoms with Gasteiger partial charge in [0, 0.05) is 22.9 Å². The van der Waals surface area contributed by atoms with Crippen LogP contribution in [0, 0.1) is 5.92 Å². The van der Waals surface area contributed by atoms with Crippen molar-refractivity contribution in [1.29, 1.82) is 0 Å². The maximum absolute atomic E-state index is 12.4. The van der Waals surface area contributed by atoms with Crippen molar-refractivity contribution in [2.24, 2.45) is 15.9 Å². The van der Waals surface area contributed by atoms with Gasteiger partial charge >= 0.3 is 11.9 Å². The number of aliphatic imine (C=N–C) groups is 1. The van der Waals surface area contributed by atoms with E-state index in [1.807, 2.05) is 42.5 Å². The summed E-state index contributed by atoms with van der Waals surface area (Å²) in [6, 6.07) is 15.1. The number of aliphatic carboxylic acids is 2. The lowest BCUT2D eigenvalue weighted by Gasteiger charge is -2.32. The lowest BCUT2D eigenvalue weighted by molar-refractivity contribution is -0.152. The Labute approximate surface area is 358 Å². The molecule has 1 aliphatic heterocycles. The molecule has 0 saturated heterocycles. The molecule has 0 bridgehead atoms. The highest BCUT2D eigenvalue weighted by Crippen LogP contribution is 2.37. The molecule has 2 aromatic carbocycles. The minimum atomic E-state index is -5.13. The van der Waals surface area contributed by atoms with Gasteiger partial charge in [-0.15, -0.1) is 0 Å². The predicted octanol–water partition coefficient (Wildman–Crippen LogP) is 10.6. The van der Waals surface area contributed by atoms with E-state index in [-0.39, 0.29) is 25.8 Å². The quantitative estimate of drug-likeness (QED) is 0.0458. The highest BCUT2D eigenvalue weighted by atomic mass is 35.5. The zero-order chi connectivity index (χ0) is 43.5. The molecule has 332 valence electrons. The van der Waals surface area contributed by atoms with Crippen LogP contribution in [0.4, 0.5) is 0 Å². The van der Waals surface area contributed by atoms with Gasteiger partial charge in [-0.25, -0.2) is 10.1 Å². The third kappa shape index (κ3) is 18.1. The molecule has 3 rings (SSSR count). The summed E-state index contributed by atoms with van der Waals surface area (Å²) in [6.45, 7) is 4.62. The van der Waals surface area contributed by atoms with E-state index in [0.29, 0.717) is 29.4 Å². The van der Waals surface area contributed by atoms with Crippen LogP contribution in [-0.2, 0) is 19.7 Å². The van der Waals surface area contributed by atoms with Gasteiger partial charge in [-0.3, -0.25) is 24.3 Å². The van der Waals surface area contributed by atoms with Gasteiger partial charge in [-0.2, -0.15) is 8.42 Å². The largest absolute Gasteiger partial charge is 0.481 e. The van der Waals surface area contributed by atoms with Crippen LogP contribution in [-0.4, -0.2) is 69.6 Å². The van der Waals surface area contributed by atoms with Gasteiger partial charge in [0.25, 0.3) is 10.1 Å². The molecule has 2 aromatic rings. The van der Waals surface area contributed by atoms with E-state index in [1.165, 1.54) is 75.7 Å². The molecule has 0 aromatic heterocycles. The van der Waals surface area contributed by atoms with Crippen LogP contribution >= 0.6 is 11.6 Å². The average molecular weight is 863 g/mol. The van der Waals surface area contributed by atoms with Crippen LogP contribution in [0.25, 0.3) is 5.70 Å². The van der Waals surface area contributed by atoms with E-state index >= 15 is 0 Å². The van der Waals surface area contributed by atoms with E-state index in [4.69, 9.17) is 11.6 Å². The molecule has 1 heterocycles. The Hall–Kier alpha value is -3.32. The van der Waals surface area contributed by atoms with E-state index in [9.17, 15) is 38.0 Å². The zero-order valence-corrected chi connectivity index (χ0v) is 37.5. The number of hydrogen-bond donors (Lipinski definition) is 4. The van der Waals surface area contributed by atoms with Gasteiger partial charge in [0.15, 0.2) is 0 Å². The summed E-state index contributed by atoms with van der Waals surface area (Å²) in [7, 11) is -3.46. The molecule has 0 spiro atoms. The van der Waals surface area contributed by atoms with E-state index < -0.39 is 32.7 Å². The number of carboxylic acids is 2. The number of benzene rings is 2. The molecule has 0 fully saturated rings. The Morgan fingerprint density at radius 2 is 1.24 bits per heavy atom. The van der Waals surface area contributed by atoms with Gasteiger partial charge in [0.2, 0.25) is 4.75 Å². The molecule has 13 heteroatoms. The van der Waals surface area contributed by atoms with Crippen molar-refractivity contribution in [2.75, 3.05) is 13.6 Å². The van der Waals surface area contributed by atoms with Crippen molar-refractivity contribution in [3.63, 3.8) is 0 Å². The van der Waals surface area contributed by atoms with Crippen LogP contribution in [0.3, 0.4) is 0 Å². The van der Waals surface area contributed by atoms with Crippen molar-refractivity contribution in [3.8, 4) is 0 Å². The van der Waals surface area contributed by atoms with Gasteiger partial charge in [-0.05, 0) is 31.0 Å². The number of rotatable bonds is 29. The molecule has 0 aliphatic carbocycles. The van der Waals surface area contributed by atoms with E-state index in [0.717, 1.165) is 67.5 Å². The van der Waals surface area contributed by atoms with Gasteiger partial charge in [0.1, 0.15) is 12.4 Å². The number of unbranched alkanes of at least 4 members (excludes halogenated alkanes) is 20. The topological polar surface area (TPSA) is 177 Å². The fourth-order valence-electron chi connectivity index (χ4n) is 7.81. The third-order valence-corrected chi connectivity index (χ3v) is 13.1. The second kappa shape index (κ2) is 29.0. The second-order valence-electron chi connectivity index (χ2n) is 15.9. The Morgan fingerprint density at radius 1 is 0.763 bits per heavy atom. The maximum Gasteiger partial charge on any atom is 0.328 e. The summed E-state index contributed by atoms with van der Waals surface area (Å²) < 4.78 is 32.0. The second-order valence-corrected chi connectivity index (χ2v) is 18.0. The van der Waals surface area contributed by atoms with E-state index in [1.54, 1.807) is 13.1 Å². The molecular weight excluding hydrogens is 790 g/mol. The molecule has 0 saturated carbocycles. The van der Waals surface area contributed by atoms with Crippen molar-refractivity contribution in [2.45, 2.75) is 173 Å². The standard InChI is InChI=1S/C30H58O7S.C16H14ClN3O/c1-3-5-7-9-11-13-15-17-19-21-23-25-27(28(31)32)30(29(33)34,38(35,36)37)26-24-22-20-18-16-14-12-10-8-6-4-2;1-18-15-10-20(21)16(11-5-3-2-4-6-11)13-9-12(17)7-8-14(13)19-15/h27H,3-26H2,1-2H3,(H,31,32)(H,33,34)(H,35,36,37);2-9,21H,10H2,1H3. The normalized spacial score (nSPS) is 15.1. The maximum atomic E-state index is 12.4. The van der Waals surface area contributed by atoms with Crippen molar-refractivity contribution >= 4 is 45.2 Å². The molecule has 2 unspecified atom stereocenters. The van der Waals surface area contributed by atoms with E-state index in [2.05, 4.69) is 23.8 Å². The lowest BCUT2D eigenvalue weighted by Crippen LogP contribution is -2.55. The number of halogens is 1. The SMILES string of the molecule is CCCCCCCCCCCCCC(C(=O)O)C(CCCCCCCCCCCCC)(C(=O)O)S(=O)(=O)O.CN=C1CN(O)C(c2ccccc2)=c2cc(Cl)ccc2=N1. The van der Waals surface area contributed by atoms with Crippen molar-refractivity contribution < 1.29 is 38.0 Å². The van der Waals surface area contributed by atoms with Crippen LogP contribution in [0.2, 0.25) is 5.02 Å². The Morgan fingerprint density at radius 3 is 1.68 bits per heavy atom. The summed E-state index contributed by atoms with van der Waals surface area (Å²) in [5, 5.41) is 33.5. The zero-order valence-electron chi connectivity index (χ0n) is 35.9. The Balaban J connectivity index is 0.000000473. The summed E-state index contributed by atoms with van der Waals surface area (Å²) in [4.78, 5) is 32.9. The smallest absolute Gasteiger partial charge is 0.328 e. The monoisotopic (exact) mass is 861 g/mol. The van der Waals surface area contributed by atoms with Crippen molar-refractivity contribution in [3.05, 3.63) is 69.7 Å². The molecule has 4 N–H and O–H groups in total. The first-order chi connectivity index (χ1) is 28.3. The summed E-state index contributed by atoms with van der Waals surface area (Å²) in [5.41, 5.74) is 1.58. The first-order valence-electron chi connectivity index (χ1n) is 22.1. The fourth-order valence-corrected chi connectivity index (χ4v) is 9.19. The average Bonchev–Trinajstić information content (AvgIpc) is 3.34. The fraction of sp³-hybridized carbons (Fsp3) is 0.652. The van der Waals surface area contributed by atoms with Crippen LogP contribution in [0.1, 0.15) is 174 Å². The summed E-state index contributed by atoms with van der Waals surface area (Å²) in [6.07, 6.45) is 22.4. The number of nitrogens with zero attached hydrogens (tertiary/aromatic N) is 3. The molecule has 0 radical (unpaired) electrons. The van der Waals surface area contributed by atoms with Gasteiger partial charge < -0.3 is 10.2 Å². The summed E-state index contributed by atoms with van der Waals surface area (Å²) in [5.74, 6) is -4.34. The minimum Gasteiger partial charge on any atom is -0.481 e. The molecule has 11 nitrogen and oxygen atoms in total. The number of hydroxylamine groups is 2. The molecule has 2 atom stereocenters. The highest BCUT2D eigenvalue weighted by Gasteiger charge is 2.58. The predicted molar refractivity (Wildman–Crippen MR) is 238 cm³/mol. The molecular formula is C46H72ClN3O8S. The minimum absolute atomic E-state index is 0.0729.